The van der Waals surface area contributed by atoms with Crippen molar-refractivity contribution in [2.45, 2.75) is 30.7 Å². The molecule has 1 atom stereocenters. The Labute approximate surface area is 151 Å². The van der Waals surface area contributed by atoms with Crippen LogP contribution < -0.4 is 10.6 Å². The first-order valence-electron chi connectivity index (χ1n) is 7.20. The van der Waals surface area contributed by atoms with Crippen molar-refractivity contribution >= 4 is 57.2 Å². The van der Waals surface area contributed by atoms with Crippen LogP contribution in [0.5, 0.6) is 0 Å². The van der Waals surface area contributed by atoms with Crippen LogP contribution in [0.4, 0.5) is 5.69 Å². The number of halogens is 3. The van der Waals surface area contributed by atoms with E-state index in [-0.39, 0.29) is 5.91 Å². The van der Waals surface area contributed by atoms with Gasteiger partial charge in [0.15, 0.2) is 0 Å². The minimum Gasteiger partial charge on any atom is -0.362 e. The second kappa shape index (κ2) is 6.76. The van der Waals surface area contributed by atoms with Gasteiger partial charge in [0.1, 0.15) is 6.17 Å². The quantitative estimate of drug-likeness (QED) is 0.580. The fourth-order valence-corrected chi connectivity index (χ4v) is 2.32. The molecule has 0 bridgehead atoms. The van der Waals surface area contributed by atoms with Crippen molar-refractivity contribution in [2.24, 2.45) is 5.41 Å². The van der Waals surface area contributed by atoms with E-state index >= 15 is 0 Å². The highest BCUT2D eigenvalue weighted by Crippen LogP contribution is 2.32. The van der Waals surface area contributed by atoms with Crippen molar-refractivity contribution in [2.75, 3.05) is 5.32 Å². The van der Waals surface area contributed by atoms with Gasteiger partial charge in [0.25, 0.3) is 0 Å². The maximum atomic E-state index is 12.2. The predicted molar refractivity (Wildman–Crippen MR) is 99.2 cm³/mol. The average molecular weight is 374 g/mol. The van der Waals surface area contributed by atoms with Crippen LogP contribution in [0.2, 0.25) is 0 Å². The van der Waals surface area contributed by atoms with E-state index in [2.05, 4.69) is 10.6 Å². The van der Waals surface area contributed by atoms with E-state index in [0.29, 0.717) is 0 Å². The van der Waals surface area contributed by atoms with E-state index in [9.17, 15) is 4.79 Å². The molecule has 0 saturated heterocycles. The van der Waals surface area contributed by atoms with Gasteiger partial charge in [-0.15, -0.1) is 0 Å². The lowest BCUT2D eigenvalue weighted by atomic mass is 9.95. The fraction of sp³-hybridized carbons (Fsp3) is 0.353. The van der Waals surface area contributed by atoms with Crippen molar-refractivity contribution < 1.29 is 4.79 Å². The summed E-state index contributed by atoms with van der Waals surface area (Å²) in [6.07, 6.45) is -0.847. The van der Waals surface area contributed by atoms with Gasteiger partial charge in [0.05, 0.1) is 0 Å². The van der Waals surface area contributed by atoms with Gasteiger partial charge >= 0.3 is 0 Å². The first kappa shape index (κ1) is 18.2. The van der Waals surface area contributed by atoms with Crippen LogP contribution in [-0.2, 0) is 4.79 Å². The summed E-state index contributed by atoms with van der Waals surface area (Å²) in [5.74, 6) is -0.206. The molecule has 0 radical (unpaired) electrons. The van der Waals surface area contributed by atoms with Gasteiger partial charge in [0.2, 0.25) is 9.70 Å². The van der Waals surface area contributed by atoms with Crippen molar-refractivity contribution in [1.82, 2.24) is 5.32 Å². The Balaban J connectivity index is 2.24. The Morgan fingerprint density at radius 1 is 1.00 bits per heavy atom. The predicted octanol–water partition coefficient (Wildman–Crippen LogP) is 5.11. The molecule has 0 aliphatic rings. The molecule has 6 heteroatoms. The maximum Gasteiger partial charge on any atom is 0.228 e. The highest BCUT2D eigenvalue weighted by molar-refractivity contribution is 6.68. The molecule has 3 nitrogen and oxygen atoms in total. The Hall–Kier alpha value is -1.16. The van der Waals surface area contributed by atoms with E-state index in [1.54, 1.807) is 20.8 Å². The largest absolute Gasteiger partial charge is 0.362 e. The van der Waals surface area contributed by atoms with Crippen molar-refractivity contribution in [3.8, 4) is 0 Å². The highest BCUT2D eigenvalue weighted by Gasteiger charge is 2.36. The van der Waals surface area contributed by atoms with E-state index in [1.807, 2.05) is 42.5 Å². The van der Waals surface area contributed by atoms with Crippen LogP contribution in [0.25, 0.3) is 10.8 Å². The molecule has 2 rings (SSSR count). The van der Waals surface area contributed by atoms with E-state index in [1.165, 1.54) is 0 Å². The van der Waals surface area contributed by atoms with Crippen LogP contribution >= 0.6 is 34.8 Å². The minimum absolute atomic E-state index is 0.206. The summed E-state index contributed by atoms with van der Waals surface area (Å²) in [6.45, 7) is 5.40. The molecule has 0 aliphatic carbocycles. The summed E-state index contributed by atoms with van der Waals surface area (Å²) >= 11 is 18.0. The summed E-state index contributed by atoms with van der Waals surface area (Å²) in [4.78, 5) is 12.2. The smallest absolute Gasteiger partial charge is 0.228 e. The summed E-state index contributed by atoms with van der Waals surface area (Å²) in [6, 6.07) is 13.8. The number of carbonyl (C=O) groups excluding carboxylic acids is 1. The molecule has 2 N–H and O–H groups in total. The van der Waals surface area contributed by atoms with E-state index in [4.69, 9.17) is 34.8 Å². The van der Waals surface area contributed by atoms with Gasteiger partial charge < -0.3 is 10.6 Å². The van der Waals surface area contributed by atoms with E-state index < -0.39 is 15.4 Å². The normalized spacial score (nSPS) is 13.7. The molecular weight excluding hydrogens is 355 g/mol. The molecule has 124 valence electrons. The standard InChI is InChI=1S/C17H19Cl3N2O/c1-16(2,3)15(23)22-14(17(18,19)20)21-13-9-8-11-6-4-5-7-12(11)10-13/h4-10,14,21H,1-3H3,(H,22,23)/t14-/m0/s1. The van der Waals surface area contributed by atoms with Gasteiger partial charge in [-0.05, 0) is 22.9 Å². The van der Waals surface area contributed by atoms with Crippen LogP contribution in [0.3, 0.4) is 0 Å². The number of amides is 1. The molecule has 2 aromatic rings. The van der Waals surface area contributed by atoms with Gasteiger partial charge in [-0.3, -0.25) is 4.79 Å². The summed E-state index contributed by atoms with van der Waals surface area (Å²) < 4.78 is -1.69. The topological polar surface area (TPSA) is 41.1 Å². The highest BCUT2D eigenvalue weighted by atomic mass is 35.6. The number of anilines is 1. The molecule has 23 heavy (non-hydrogen) atoms. The zero-order chi connectivity index (χ0) is 17.3. The molecule has 0 unspecified atom stereocenters. The summed E-state index contributed by atoms with van der Waals surface area (Å²) in [5.41, 5.74) is 0.174. The van der Waals surface area contributed by atoms with Gasteiger partial charge in [-0.2, -0.15) is 0 Å². The number of carbonyl (C=O) groups is 1. The third-order valence-electron chi connectivity index (χ3n) is 3.34. The lowest BCUT2D eigenvalue weighted by molar-refractivity contribution is -0.129. The first-order chi connectivity index (χ1) is 10.6. The van der Waals surface area contributed by atoms with Crippen LogP contribution in [0.1, 0.15) is 20.8 Å². The lowest BCUT2D eigenvalue weighted by Gasteiger charge is -2.30. The monoisotopic (exact) mass is 372 g/mol. The van der Waals surface area contributed by atoms with Gasteiger partial charge in [-0.1, -0.05) is 85.9 Å². The third kappa shape index (κ3) is 4.90. The molecule has 0 spiro atoms. The number of alkyl halides is 3. The number of hydrogen-bond acceptors (Lipinski definition) is 2. The summed E-state index contributed by atoms with van der Waals surface area (Å²) in [7, 11) is 0. The lowest BCUT2D eigenvalue weighted by Crippen LogP contribution is -2.52. The molecular formula is C17H19Cl3N2O. The Kier molecular flexibility index (Phi) is 5.34. The summed E-state index contributed by atoms with van der Waals surface area (Å²) in [5, 5.41) is 8.01. The average Bonchev–Trinajstić information content (AvgIpc) is 2.44. The third-order valence-corrected chi connectivity index (χ3v) is 4.00. The Morgan fingerprint density at radius 2 is 1.61 bits per heavy atom. The number of benzene rings is 2. The van der Waals surface area contributed by atoms with Crippen molar-refractivity contribution in [1.29, 1.82) is 0 Å². The zero-order valence-corrected chi connectivity index (χ0v) is 15.4. The Morgan fingerprint density at radius 3 is 2.17 bits per heavy atom. The molecule has 0 aromatic heterocycles. The molecule has 0 aliphatic heterocycles. The second-order valence-corrected chi connectivity index (χ2v) is 8.77. The van der Waals surface area contributed by atoms with Crippen molar-refractivity contribution in [3.63, 3.8) is 0 Å². The molecule has 1 amide bonds. The molecule has 0 saturated carbocycles. The SMILES string of the molecule is CC(C)(C)C(=O)N[C@H](Nc1ccc2ccccc2c1)C(Cl)(Cl)Cl. The maximum absolute atomic E-state index is 12.2. The molecule has 0 heterocycles. The number of hydrogen-bond donors (Lipinski definition) is 2. The van der Waals surface area contributed by atoms with Crippen molar-refractivity contribution in [3.05, 3.63) is 42.5 Å². The molecule has 2 aromatic carbocycles. The van der Waals surface area contributed by atoms with Gasteiger partial charge in [-0.25, -0.2) is 0 Å². The first-order valence-corrected chi connectivity index (χ1v) is 8.34. The van der Waals surface area contributed by atoms with E-state index in [0.717, 1.165) is 16.5 Å². The van der Waals surface area contributed by atoms with Crippen LogP contribution in [0, 0.1) is 5.41 Å². The minimum atomic E-state index is -1.69. The molecule has 0 fully saturated rings. The Bertz CT molecular complexity index is 705. The number of nitrogens with one attached hydrogen (secondary N) is 2. The number of rotatable bonds is 3. The second-order valence-electron chi connectivity index (χ2n) is 6.40. The zero-order valence-electron chi connectivity index (χ0n) is 13.2. The van der Waals surface area contributed by atoms with Gasteiger partial charge in [0, 0.05) is 11.1 Å². The fourth-order valence-electron chi connectivity index (χ4n) is 1.99. The van der Waals surface area contributed by atoms with Crippen LogP contribution in [0.15, 0.2) is 42.5 Å². The number of fused-ring (bicyclic) bond motifs is 1. The van der Waals surface area contributed by atoms with Crippen LogP contribution in [-0.4, -0.2) is 15.9 Å².